The Morgan fingerprint density at radius 2 is 2.08 bits per heavy atom. The van der Waals surface area contributed by atoms with Gasteiger partial charge in [-0.05, 0) is 24.6 Å². The Bertz CT molecular complexity index is 832. The van der Waals surface area contributed by atoms with E-state index in [1.807, 2.05) is 35.0 Å². The quantitative estimate of drug-likeness (QED) is 0.732. The number of benzene rings is 1. The minimum atomic E-state index is 0.0386. The zero-order chi connectivity index (χ0) is 16.5. The van der Waals surface area contributed by atoms with E-state index in [2.05, 4.69) is 15.1 Å². The second kappa shape index (κ2) is 5.92. The summed E-state index contributed by atoms with van der Waals surface area (Å²) in [5.74, 6) is 1.43. The van der Waals surface area contributed by atoms with Gasteiger partial charge in [-0.3, -0.25) is 4.79 Å². The number of amides is 1. The van der Waals surface area contributed by atoms with Crippen molar-refractivity contribution in [3.8, 4) is 0 Å². The molecule has 24 heavy (non-hydrogen) atoms. The number of carbonyl (C=O) groups is 1. The number of aryl methyl sites for hydroxylation is 1. The molecule has 1 aliphatic heterocycles. The van der Waals surface area contributed by atoms with E-state index in [0.29, 0.717) is 30.4 Å². The van der Waals surface area contributed by atoms with Crippen LogP contribution in [0.25, 0.3) is 0 Å². The fourth-order valence-electron chi connectivity index (χ4n) is 2.81. The van der Waals surface area contributed by atoms with Gasteiger partial charge < -0.3 is 14.0 Å². The van der Waals surface area contributed by atoms with Gasteiger partial charge in [-0.25, -0.2) is 4.98 Å². The fraction of sp³-hybridized carbons (Fsp3) is 0.294. The molecular formula is C17H17N5O2. The molecule has 0 spiro atoms. The third-order valence-electron chi connectivity index (χ3n) is 4.19. The van der Waals surface area contributed by atoms with E-state index in [0.717, 1.165) is 12.1 Å². The molecule has 7 nitrogen and oxygen atoms in total. The van der Waals surface area contributed by atoms with Gasteiger partial charge in [-0.15, -0.1) is 0 Å². The molecule has 3 aromatic rings. The Balaban J connectivity index is 1.37. The summed E-state index contributed by atoms with van der Waals surface area (Å²) in [6.45, 7) is 3.78. The molecule has 2 aromatic heterocycles. The number of rotatable bonds is 4. The normalized spacial score (nSPS) is 14.6. The van der Waals surface area contributed by atoms with Crippen LogP contribution >= 0.6 is 0 Å². The lowest BCUT2D eigenvalue weighted by atomic mass is 9.98. The molecule has 1 amide bonds. The minimum absolute atomic E-state index is 0.0386. The van der Waals surface area contributed by atoms with Crippen LogP contribution in [0.2, 0.25) is 0 Å². The largest absolute Gasteiger partial charge is 0.339 e. The third-order valence-corrected chi connectivity index (χ3v) is 4.19. The van der Waals surface area contributed by atoms with Gasteiger partial charge in [0, 0.05) is 37.6 Å². The van der Waals surface area contributed by atoms with Gasteiger partial charge in [0.1, 0.15) is 0 Å². The maximum absolute atomic E-state index is 12.5. The number of hydrogen-bond donors (Lipinski definition) is 0. The van der Waals surface area contributed by atoms with Gasteiger partial charge in [-0.2, -0.15) is 4.98 Å². The van der Waals surface area contributed by atoms with Crippen molar-refractivity contribution in [1.82, 2.24) is 24.6 Å². The van der Waals surface area contributed by atoms with Crippen molar-refractivity contribution >= 4 is 5.91 Å². The predicted molar refractivity (Wildman–Crippen MR) is 85.5 cm³/mol. The highest BCUT2D eigenvalue weighted by atomic mass is 16.5. The van der Waals surface area contributed by atoms with E-state index in [1.165, 1.54) is 0 Å². The molecule has 0 atom stereocenters. The average molecular weight is 323 g/mol. The van der Waals surface area contributed by atoms with E-state index in [4.69, 9.17) is 4.52 Å². The summed E-state index contributed by atoms with van der Waals surface area (Å²) in [5.41, 5.74) is 1.83. The fourth-order valence-corrected chi connectivity index (χ4v) is 2.81. The molecule has 1 aromatic carbocycles. The Hall–Kier alpha value is -2.96. The lowest BCUT2D eigenvalue weighted by Gasteiger charge is -2.37. The van der Waals surface area contributed by atoms with Crippen molar-refractivity contribution in [2.75, 3.05) is 13.1 Å². The van der Waals surface area contributed by atoms with E-state index in [1.54, 1.807) is 24.3 Å². The van der Waals surface area contributed by atoms with E-state index < -0.39 is 0 Å². The molecule has 7 heteroatoms. The SMILES string of the molecule is Cc1noc(C2CN(C(=O)c3ccc(Cn4ccnc4)cc3)C2)n1. The highest BCUT2D eigenvalue weighted by Gasteiger charge is 2.35. The number of carbonyl (C=O) groups excluding carboxylic acids is 1. The van der Waals surface area contributed by atoms with Crippen LogP contribution in [0, 0.1) is 6.92 Å². The van der Waals surface area contributed by atoms with Crippen LogP contribution in [0.4, 0.5) is 0 Å². The van der Waals surface area contributed by atoms with Gasteiger partial charge in [0.2, 0.25) is 5.89 Å². The molecule has 1 aliphatic rings. The van der Waals surface area contributed by atoms with Crippen molar-refractivity contribution in [3.05, 3.63) is 65.8 Å². The molecule has 3 heterocycles. The number of likely N-dealkylation sites (tertiary alicyclic amines) is 1. The maximum atomic E-state index is 12.5. The van der Waals surface area contributed by atoms with Gasteiger partial charge in [-0.1, -0.05) is 17.3 Å². The van der Waals surface area contributed by atoms with Gasteiger partial charge in [0.05, 0.1) is 12.2 Å². The lowest BCUT2D eigenvalue weighted by Crippen LogP contribution is -2.48. The summed E-state index contributed by atoms with van der Waals surface area (Å²) in [6.07, 6.45) is 5.44. The first-order valence-corrected chi connectivity index (χ1v) is 7.83. The number of aromatic nitrogens is 4. The molecule has 0 bridgehead atoms. The van der Waals surface area contributed by atoms with Crippen LogP contribution in [-0.2, 0) is 6.54 Å². The van der Waals surface area contributed by atoms with E-state index in [-0.39, 0.29) is 11.8 Å². The zero-order valence-corrected chi connectivity index (χ0v) is 13.3. The first-order valence-electron chi connectivity index (χ1n) is 7.83. The molecule has 1 saturated heterocycles. The molecule has 122 valence electrons. The van der Waals surface area contributed by atoms with Crippen molar-refractivity contribution < 1.29 is 9.32 Å². The van der Waals surface area contributed by atoms with E-state index >= 15 is 0 Å². The Morgan fingerprint density at radius 3 is 2.71 bits per heavy atom. The first-order chi connectivity index (χ1) is 11.7. The molecule has 0 N–H and O–H groups in total. The molecule has 1 fully saturated rings. The standard InChI is InChI=1S/C17H17N5O2/c1-12-19-16(24-20-12)15-9-22(10-15)17(23)14-4-2-13(3-5-14)8-21-7-6-18-11-21/h2-7,11,15H,8-10H2,1H3. The average Bonchev–Trinajstić information content (AvgIpc) is 3.18. The van der Waals surface area contributed by atoms with Crippen LogP contribution in [0.5, 0.6) is 0 Å². The molecule has 0 unspecified atom stereocenters. The number of imidazole rings is 1. The summed E-state index contributed by atoms with van der Waals surface area (Å²) < 4.78 is 7.15. The third kappa shape index (κ3) is 2.80. The second-order valence-electron chi connectivity index (χ2n) is 6.02. The second-order valence-corrected chi connectivity index (χ2v) is 6.02. The molecule has 4 rings (SSSR count). The number of hydrogen-bond acceptors (Lipinski definition) is 5. The van der Waals surface area contributed by atoms with Gasteiger partial charge >= 0.3 is 0 Å². The highest BCUT2D eigenvalue weighted by Crippen LogP contribution is 2.27. The van der Waals surface area contributed by atoms with Gasteiger partial charge in [0.15, 0.2) is 5.82 Å². The monoisotopic (exact) mass is 323 g/mol. The molecular weight excluding hydrogens is 306 g/mol. The van der Waals surface area contributed by atoms with Crippen molar-refractivity contribution in [3.63, 3.8) is 0 Å². The van der Waals surface area contributed by atoms with Crippen LogP contribution in [0.1, 0.15) is 33.6 Å². The number of nitrogens with zero attached hydrogens (tertiary/aromatic N) is 5. The topological polar surface area (TPSA) is 77.0 Å². The van der Waals surface area contributed by atoms with Crippen LogP contribution in [-0.4, -0.2) is 43.6 Å². The Morgan fingerprint density at radius 1 is 1.29 bits per heavy atom. The molecule has 0 aliphatic carbocycles. The van der Waals surface area contributed by atoms with Crippen molar-refractivity contribution in [1.29, 1.82) is 0 Å². The summed E-state index contributed by atoms with van der Waals surface area (Å²) in [4.78, 5) is 22.5. The lowest BCUT2D eigenvalue weighted by molar-refractivity contribution is 0.0569. The minimum Gasteiger partial charge on any atom is -0.339 e. The van der Waals surface area contributed by atoms with Crippen LogP contribution in [0.3, 0.4) is 0 Å². The predicted octanol–water partition coefficient (Wildman–Crippen LogP) is 1.86. The first kappa shape index (κ1) is 14.6. The van der Waals surface area contributed by atoms with Gasteiger partial charge in [0.25, 0.3) is 5.91 Å². The van der Waals surface area contributed by atoms with E-state index in [9.17, 15) is 4.79 Å². The zero-order valence-electron chi connectivity index (χ0n) is 13.3. The summed E-state index contributed by atoms with van der Waals surface area (Å²) in [7, 11) is 0. The Kier molecular flexibility index (Phi) is 3.60. The van der Waals surface area contributed by atoms with Crippen LogP contribution < -0.4 is 0 Å². The highest BCUT2D eigenvalue weighted by molar-refractivity contribution is 5.94. The Labute approximate surface area is 138 Å². The van der Waals surface area contributed by atoms with Crippen LogP contribution in [0.15, 0.2) is 47.5 Å². The van der Waals surface area contributed by atoms with Crippen molar-refractivity contribution in [2.45, 2.75) is 19.4 Å². The molecule has 0 radical (unpaired) electrons. The summed E-state index contributed by atoms with van der Waals surface area (Å²) in [5, 5.41) is 3.79. The van der Waals surface area contributed by atoms with Crippen molar-refractivity contribution in [2.24, 2.45) is 0 Å². The maximum Gasteiger partial charge on any atom is 0.253 e. The molecule has 0 saturated carbocycles. The smallest absolute Gasteiger partial charge is 0.253 e. The summed E-state index contributed by atoms with van der Waals surface area (Å²) >= 11 is 0. The summed E-state index contributed by atoms with van der Waals surface area (Å²) in [6, 6.07) is 7.70.